The van der Waals surface area contributed by atoms with Crippen LogP contribution >= 0.6 is 11.8 Å². The molecule has 2 aliphatic heterocycles. The molecule has 5 rings (SSSR count). The Morgan fingerprint density at radius 1 is 1.31 bits per heavy atom. The Morgan fingerprint density at radius 3 is 2.94 bits per heavy atom. The molecule has 2 amide bonds. The highest BCUT2D eigenvalue weighted by Crippen LogP contribution is 2.31. The monoisotopic (exact) mass is 510 g/mol. The SMILES string of the molecule is COc1ccc2nccc(NC(=O)OC3CCN(C[C@@H](O)c4cnc5c(c4)NC(=O)CS5)CC3)c2n1. The van der Waals surface area contributed by atoms with Crippen LogP contribution in [0, 0.1) is 0 Å². The maximum atomic E-state index is 12.6. The van der Waals surface area contributed by atoms with E-state index in [1.54, 1.807) is 36.7 Å². The zero-order chi connectivity index (χ0) is 25.1. The lowest BCUT2D eigenvalue weighted by Crippen LogP contribution is -2.40. The Bertz CT molecular complexity index is 1280. The first kappa shape index (κ1) is 24.2. The molecule has 36 heavy (non-hydrogen) atoms. The number of amides is 2. The van der Waals surface area contributed by atoms with Crippen molar-refractivity contribution in [1.82, 2.24) is 19.9 Å². The molecule has 5 heterocycles. The molecular weight excluding hydrogens is 484 g/mol. The van der Waals surface area contributed by atoms with Crippen molar-refractivity contribution in [3.63, 3.8) is 0 Å². The summed E-state index contributed by atoms with van der Waals surface area (Å²) in [4.78, 5) is 39.3. The van der Waals surface area contributed by atoms with Crippen LogP contribution in [0.1, 0.15) is 24.5 Å². The number of ether oxygens (including phenoxy) is 2. The third-order valence-electron chi connectivity index (χ3n) is 6.11. The number of likely N-dealkylation sites (tertiary alicyclic amines) is 1. The fraction of sp³-hybridized carbons (Fsp3) is 0.375. The van der Waals surface area contributed by atoms with E-state index in [2.05, 4.69) is 30.5 Å². The highest BCUT2D eigenvalue weighted by molar-refractivity contribution is 8.00. The average molecular weight is 511 g/mol. The normalized spacial score (nSPS) is 17.2. The van der Waals surface area contributed by atoms with E-state index in [4.69, 9.17) is 9.47 Å². The van der Waals surface area contributed by atoms with E-state index < -0.39 is 12.2 Å². The number of carbonyl (C=O) groups excluding carboxylic acids is 2. The molecule has 188 valence electrons. The van der Waals surface area contributed by atoms with Crippen molar-refractivity contribution >= 4 is 46.2 Å². The van der Waals surface area contributed by atoms with Gasteiger partial charge in [-0.25, -0.2) is 14.8 Å². The fourth-order valence-corrected chi connectivity index (χ4v) is 4.98. The average Bonchev–Trinajstić information content (AvgIpc) is 2.89. The molecular formula is C24H26N6O5S. The number of pyridine rings is 3. The van der Waals surface area contributed by atoms with E-state index in [-0.39, 0.29) is 12.0 Å². The van der Waals surface area contributed by atoms with Crippen molar-refractivity contribution < 1.29 is 24.2 Å². The quantitative estimate of drug-likeness (QED) is 0.454. The molecule has 3 N–H and O–H groups in total. The number of anilines is 2. The lowest BCUT2D eigenvalue weighted by atomic mass is 10.1. The Hall–Kier alpha value is -3.48. The van der Waals surface area contributed by atoms with Crippen LogP contribution in [-0.4, -0.2) is 75.6 Å². The first-order valence-corrected chi connectivity index (χ1v) is 12.6. The number of hydrogen-bond donors (Lipinski definition) is 3. The smallest absolute Gasteiger partial charge is 0.411 e. The van der Waals surface area contributed by atoms with Gasteiger partial charge in [-0.1, -0.05) is 11.8 Å². The molecule has 1 saturated heterocycles. The number of carbonyl (C=O) groups is 2. The van der Waals surface area contributed by atoms with Gasteiger partial charge in [-0.15, -0.1) is 0 Å². The van der Waals surface area contributed by atoms with Crippen LogP contribution in [0.25, 0.3) is 11.0 Å². The van der Waals surface area contributed by atoms with Gasteiger partial charge in [0.25, 0.3) is 0 Å². The van der Waals surface area contributed by atoms with E-state index in [9.17, 15) is 14.7 Å². The number of hydrogen-bond acceptors (Lipinski definition) is 10. The maximum absolute atomic E-state index is 12.6. The van der Waals surface area contributed by atoms with Crippen LogP contribution < -0.4 is 15.4 Å². The second-order valence-corrected chi connectivity index (χ2v) is 9.55. The number of nitrogens with zero attached hydrogens (tertiary/aromatic N) is 4. The summed E-state index contributed by atoms with van der Waals surface area (Å²) in [5.41, 5.74) is 2.95. The molecule has 0 aromatic carbocycles. The third-order valence-corrected chi connectivity index (χ3v) is 7.12. The zero-order valence-electron chi connectivity index (χ0n) is 19.6. The Kier molecular flexibility index (Phi) is 7.16. The van der Waals surface area contributed by atoms with Gasteiger partial charge in [-0.2, -0.15) is 0 Å². The summed E-state index contributed by atoms with van der Waals surface area (Å²) in [6, 6.07) is 6.93. The van der Waals surface area contributed by atoms with Gasteiger partial charge in [-0.3, -0.25) is 15.1 Å². The lowest BCUT2D eigenvalue weighted by Gasteiger charge is -2.33. The summed E-state index contributed by atoms with van der Waals surface area (Å²) in [6.07, 6.45) is 3.04. The molecule has 0 unspecified atom stereocenters. The van der Waals surface area contributed by atoms with Gasteiger partial charge < -0.3 is 24.8 Å². The number of aromatic nitrogens is 3. The third kappa shape index (κ3) is 5.50. The first-order chi connectivity index (χ1) is 17.5. The topological polar surface area (TPSA) is 139 Å². The Labute approximate surface area is 211 Å². The number of aliphatic hydroxyl groups excluding tert-OH is 1. The van der Waals surface area contributed by atoms with Crippen LogP contribution in [0.3, 0.4) is 0 Å². The number of aliphatic hydroxyl groups is 1. The number of thioether (sulfide) groups is 1. The van der Waals surface area contributed by atoms with Gasteiger partial charge in [0.1, 0.15) is 16.6 Å². The molecule has 0 saturated carbocycles. The molecule has 3 aromatic heterocycles. The molecule has 0 bridgehead atoms. The molecule has 1 fully saturated rings. The van der Waals surface area contributed by atoms with Gasteiger partial charge >= 0.3 is 6.09 Å². The largest absolute Gasteiger partial charge is 0.481 e. The summed E-state index contributed by atoms with van der Waals surface area (Å²) < 4.78 is 10.8. The van der Waals surface area contributed by atoms with Crippen LogP contribution in [0.4, 0.5) is 16.2 Å². The highest BCUT2D eigenvalue weighted by Gasteiger charge is 2.25. The molecule has 2 aliphatic rings. The number of nitrogens with one attached hydrogen (secondary N) is 2. The van der Waals surface area contributed by atoms with E-state index in [0.29, 0.717) is 72.1 Å². The minimum absolute atomic E-state index is 0.0693. The summed E-state index contributed by atoms with van der Waals surface area (Å²) in [6.45, 7) is 1.78. The summed E-state index contributed by atoms with van der Waals surface area (Å²) in [7, 11) is 1.53. The number of methoxy groups -OCH3 is 1. The number of rotatable bonds is 6. The molecule has 0 aliphatic carbocycles. The Morgan fingerprint density at radius 2 is 2.14 bits per heavy atom. The summed E-state index contributed by atoms with van der Waals surface area (Å²) in [5, 5.41) is 17.0. The van der Waals surface area contributed by atoms with Gasteiger partial charge in [0.05, 0.1) is 35.9 Å². The molecule has 0 radical (unpaired) electrons. The van der Waals surface area contributed by atoms with Gasteiger partial charge in [-0.05, 0) is 31.0 Å². The van der Waals surface area contributed by atoms with Crippen LogP contribution in [0.15, 0.2) is 41.7 Å². The number of piperidine rings is 1. The van der Waals surface area contributed by atoms with Crippen molar-refractivity contribution in [3.8, 4) is 5.88 Å². The van der Waals surface area contributed by atoms with Gasteiger partial charge in [0, 0.05) is 43.7 Å². The van der Waals surface area contributed by atoms with E-state index in [1.807, 2.05) is 0 Å². The summed E-state index contributed by atoms with van der Waals surface area (Å²) in [5.74, 6) is 0.707. The first-order valence-electron chi connectivity index (χ1n) is 11.6. The second-order valence-electron chi connectivity index (χ2n) is 8.58. The predicted octanol–water partition coefficient (Wildman–Crippen LogP) is 2.82. The maximum Gasteiger partial charge on any atom is 0.411 e. The van der Waals surface area contributed by atoms with Crippen molar-refractivity contribution in [1.29, 1.82) is 0 Å². The minimum Gasteiger partial charge on any atom is -0.481 e. The van der Waals surface area contributed by atoms with Gasteiger partial charge in [0.2, 0.25) is 11.8 Å². The number of β-amino-alcohol motifs (C(OH)–C–C–N with tert-alkyl or cyclic N) is 1. The van der Waals surface area contributed by atoms with E-state index >= 15 is 0 Å². The zero-order valence-corrected chi connectivity index (χ0v) is 20.5. The van der Waals surface area contributed by atoms with Crippen LogP contribution in [-0.2, 0) is 9.53 Å². The van der Waals surface area contributed by atoms with E-state index in [1.165, 1.54) is 18.9 Å². The highest BCUT2D eigenvalue weighted by atomic mass is 32.2. The molecule has 11 nitrogen and oxygen atoms in total. The molecule has 1 atom stereocenters. The van der Waals surface area contributed by atoms with Crippen molar-refractivity contribution in [2.24, 2.45) is 0 Å². The molecule has 12 heteroatoms. The van der Waals surface area contributed by atoms with Crippen LogP contribution in [0.2, 0.25) is 0 Å². The summed E-state index contributed by atoms with van der Waals surface area (Å²) >= 11 is 1.39. The van der Waals surface area contributed by atoms with Crippen molar-refractivity contribution in [2.75, 3.05) is 43.1 Å². The van der Waals surface area contributed by atoms with E-state index in [0.717, 1.165) is 5.03 Å². The lowest BCUT2D eigenvalue weighted by molar-refractivity contribution is -0.113. The minimum atomic E-state index is -0.739. The van der Waals surface area contributed by atoms with Crippen LogP contribution in [0.5, 0.6) is 5.88 Å². The van der Waals surface area contributed by atoms with Crippen molar-refractivity contribution in [3.05, 3.63) is 42.2 Å². The van der Waals surface area contributed by atoms with Crippen molar-refractivity contribution in [2.45, 2.75) is 30.1 Å². The standard InChI is InChI=1S/C24H26N6O5S/c1-34-21-3-2-16-22(29-21)17(4-7-25-16)28-24(33)35-15-5-8-30(9-6-15)12-19(31)14-10-18-23(26-11-14)36-13-20(32)27-18/h2-4,7,10-11,15,19,31H,5-6,8-9,12-13H2,1H3,(H,27,32)(H,25,28,33)/t19-/m1/s1. The predicted molar refractivity (Wildman–Crippen MR) is 134 cm³/mol. The molecule has 3 aromatic rings. The number of fused-ring (bicyclic) bond motifs is 2. The molecule has 0 spiro atoms. The second kappa shape index (κ2) is 10.6. The van der Waals surface area contributed by atoms with Gasteiger partial charge in [0.15, 0.2) is 0 Å². The fourth-order valence-electron chi connectivity index (χ4n) is 4.25. The Balaban J connectivity index is 1.12.